The molecule has 1 aliphatic heterocycles. The number of esters is 1. The second-order valence-corrected chi connectivity index (χ2v) is 10.4. The van der Waals surface area contributed by atoms with Gasteiger partial charge in [0.25, 0.3) is 5.56 Å². The molecule has 0 radical (unpaired) electrons. The van der Waals surface area contributed by atoms with Crippen LogP contribution < -0.4 is 14.9 Å². The molecule has 6 nitrogen and oxygen atoms in total. The number of fused-ring (bicyclic) bond motifs is 1. The number of thiazole rings is 1. The zero-order valence-corrected chi connectivity index (χ0v) is 21.7. The highest BCUT2D eigenvalue weighted by Crippen LogP contribution is 2.35. The van der Waals surface area contributed by atoms with Crippen molar-refractivity contribution in [3.8, 4) is 11.3 Å². The first-order valence-electron chi connectivity index (χ1n) is 10.7. The van der Waals surface area contributed by atoms with Crippen molar-refractivity contribution in [2.45, 2.75) is 19.9 Å². The van der Waals surface area contributed by atoms with Crippen LogP contribution in [0.5, 0.6) is 0 Å². The highest BCUT2D eigenvalue weighted by Gasteiger charge is 2.33. The number of ether oxygens (including phenoxy) is 1. The van der Waals surface area contributed by atoms with Crippen molar-refractivity contribution >= 4 is 57.9 Å². The third kappa shape index (κ3) is 4.31. The molecule has 0 N–H and O–H groups in total. The number of benzene rings is 1. The molecule has 0 unspecified atom stereocenters. The maximum atomic E-state index is 13.6. The van der Waals surface area contributed by atoms with E-state index in [9.17, 15) is 9.59 Å². The van der Waals surface area contributed by atoms with Crippen molar-refractivity contribution in [1.29, 1.82) is 0 Å². The molecule has 0 fully saturated rings. The topological polar surface area (TPSA) is 73.8 Å². The van der Waals surface area contributed by atoms with Crippen LogP contribution in [0, 0.1) is 0 Å². The Hall–Kier alpha value is -2.91. The molecular weight excluding hydrogens is 527 g/mol. The Morgan fingerprint density at radius 1 is 1.23 bits per heavy atom. The van der Waals surface area contributed by atoms with Gasteiger partial charge >= 0.3 is 5.97 Å². The first-order valence-corrected chi connectivity index (χ1v) is 13.1. The van der Waals surface area contributed by atoms with Gasteiger partial charge < -0.3 is 9.15 Å². The van der Waals surface area contributed by atoms with Crippen LogP contribution in [0.15, 0.2) is 73.3 Å². The summed E-state index contributed by atoms with van der Waals surface area (Å²) in [6.45, 7) is 3.74. The molecule has 10 heteroatoms. The van der Waals surface area contributed by atoms with E-state index in [2.05, 4.69) is 4.99 Å². The number of hydrogen-bond donors (Lipinski definition) is 0. The molecule has 1 aromatic carbocycles. The lowest BCUT2D eigenvalue weighted by molar-refractivity contribution is -0.139. The van der Waals surface area contributed by atoms with Crippen LogP contribution in [0.3, 0.4) is 0 Å². The normalized spacial score (nSPS) is 15.8. The number of carbonyl (C=O) groups is 1. The number of hydrogen-bond acceptors (Lipinski definition) is 7. The predicted octanol–water partition coefficient (Wildman–Crippen LogP) is 5.43. The summed E-state index contributed by atoms with van der Waals surface area (Å²) in [7, 11) is 0. The number of allylic oxidation sites excluding steroid dienone is 1. The fourth-order valence-electron chi connectivity index (χ4n) is 3.91. The van der Waals surface area contributed by atoms with Crippen LogP contribution in [-0.4, -0.2) is 17.1 Å². The molecule has 4 aromatic rings. The minimum absolute atomic E-state index is 0.231. The first kappa shape index (κ1) is 23.8. The molecule has 0 saturated heterocycles. The smallest absolute Gasteiger partial charge is 0.338 e. The standard InChI is InChI=1S/C25H18Cl2N2O4S2/c1-3-32-24(31)20-13(2)28-25-29(22(20)18-8-5-11-34-18)23(30)19(35-25)12-14-9-10-17(33-14)15-6-4-7-16(26)21(15)27/h4-12,22H,3H2,1-2H3/b19-12-/t22-/m1/s1. The third-order valence-electron chi connectivity index (χ3n) is 5.45. The zero-order chi connectivity index (χ0) is 24.7. The summed E-state index contributed by atoms with van der Waals surface area (Å²) in [5.74, 6) is 0.541. The van der Waals surface area contributed by atoms with Crippen LogP contribution in [0.25, 0.3) is 17.4 Å². The highest BCUT2D eigenvalue weighted by molar-refractivity contribution is 7.10. The summed E-state index contributed by atoms with van der Waals surface area (Å²) in [5, 5.41) is 2.73. The second-order valence-electron chi connectivity index (χ2n) is 7.62. The maximum Gasteiger partial charge on any atom is 0.338 e. The van der Waals surface area contributed by atoms with Gasteiger partial charge in [0.2, 0.25) is 0 Å². The van der Waals surface area contributed by atoms with Crippen molar-refractivity contribution in [2.75, 3.05) is 6.61 Å². The highest BCUT2D eigenvalue weighted by atomic mass is 35.5. The minimum Gasteiger partial charge on any atom is -0.463 e. The lowest BCUT2D eigenvalue weighted by atomic mass is 10.0. The maximum absolute atomic E-state index is 13.6. The van der Waals surface area contributed by atoms with Gasteiger partial charge in [-0.1, -0.05) is 46.7 Å². The van der Waals surface area contributed by atoms with Gasteiger partial charge in [0.05, 0.1) is 32.5 Å². The van der Waals surface area contributed by atoms with Gasteiger partial charge in [0, 0.05) is 16.5 Å². The molecule has 178 valence electrons. The zero-order valence-electron chi connectivity index (χ0n) is 18.6. The van der Waals surface area contributed by atoms with E-state index in [1.807, 2.05) is 23.6 Å². The number of furan rings is 1. The average Bonchev–Trinajstić information content (AvgIpc) is 3.57. The summed E-state index contributed by atoms with van der Waals surface area (Å²) < 4.78 is 13.2. The van der Waals surface area contributed by atoms with Crippen LogP contribution >= 0.6 is 45.9 Å². The van der Waals surface area contributed by atoms with Gasteiger partial charge in [-0.15, -0.1) is 11.3 Å². The van der Waals surface area contributed by atoms with Crippen LogP contribution in [0.1, 0.15) is 30.5 Å². The van der Waals surface area contributed by atoms with E-state index in [4.69, 9.17) is 32.4 Å². The first-order chi connectivity index (χ1) is 16.9. The molecule has 1 atom stereocenters. The van der Waals surface area contributed by atoms with Crippen molar-refractivity contribution in [2.24, 2.45) is 4.99 Å². The number of aromatic nitrogens is 1. The van der Waals surface area contributed by atoms with Gasteiger partial charge in [-0.3, -0.25) is 9.36 Å². The molecule has 4 heterocycles. The van der Waals surface area contributed by atoms with Gasteiger partial charge in [0.1, 0.15) is 17.6 Å². The van der Waals surface area contributed by atoms with Crippen LogP contribution in [0.2, 0.25) is 10.0 Å². The van der Waals surface area contributed by atoms with Gasteiger partial charge in [-0.2, -0.15) is 0 Å². The molecule has 0 bridgehead atoms. The van der Waals surface area contributed by atoms with Crippen molar-refractivity contribution < 1.29 is 13.9 Å². The van der Waals surface area contributed by atoms with Gasteiger partial charge in [0.15, 0.2) is 4.80 Å². The number of thiophene rings is 1. The van der Waals surface area contributed by atoms with E-state index in [-0.39, 0.29) is 12.2 Å². The Labute approximate surface area is 218 Å². The molecule has 3 aromatic heterocycles. The van der Waals surface area contributed by atoms with Crippen molar-refractivity contribution in [1.82, 2.24) is 4.57 Å². The Morgan fingerprint density at radius 3 is 2.80 bits per heavy atom. The van der Waals surface area contributed by atoms with E-state index < -0.39 is 12.0 Å². The van der Waals surface area contributed by atoms with Crippen LogP contribution in [-0.2, 0) is 9.53 Å². The van der Waals surface area contributed by atoms with Gasteiger partial charge in [-0.25, -0.2) is 9.79 Å². The summed E-state index contributed by atoms with van der Waals surface area (Å²) >= 11 is 15.2. The number of halogens is 2. The summed E-state index contributed by atoms with van der Waals surface area (Å²) in [6.07, 6.45) is 1.67. The minimum atomic E-state index is -0.607. The Bertz CT molecular complexity index is 1640. The number of carbonyl (C=O) groups excluding carboxylic acids is 1. The lowest BCUT2D eigenvalue weighted by Crippen LogP contribution is -2.39. The van der Waals surface area contributed by atoms with E-state index in [1.165, 1.54) is 22.7 Å². The molecule has 0 aliphatic carbocycles. The predicted molar refractivity (Wildman–Crippen MR) is 139 cm³/mol. The molecule has 0 saturated carbocycles. The molecule has 1 aliphatic rings. The largest absolute Gasteiger partial charge is 0.463 e. The molecule has 35 heavy (non-hydrogen) atoms. The van der Waals surface area contributed by atoms with E-state index in [1.54, 1.807) is 48.8 Å². The molecular formula is C25H18Cl2N2O4S2. The van der Waals surface area contributed by atoms with E-state index in [0.717, 1.165) is 4.88 Å². The van der Waals surface area contributed by atoms with Crippen molar-refractivity contribution in [3.63, 3.8) is 0 Å². The Balaban J connectivity index is 1.62. The van der Waals surface area contributed by atoms with Gasteiger partial charge in [-0.05, 0) is 49.6 Å². The van der Waals surface area contributed by atoms with Crippen molar-refractivity contribution in [3.05, 3.63) is 99.5 Å². The Kier molecular flexibility index (Phi) is 6.55. The third-order valence-corrected chi connectivity index (χ3v) is 8.17. The fourth-order valence-corrected chi connectivity index (χ4v) is 6.15. The summed E-state index contributed by atoms with van der Waals surface area (Å²) in [4.78, 5) is 32.3. The monoisotopic (exact) mass is 544 g/mol. The van der Waals surface area contributed by atoms with Crippen LogP contribution in [0.4, 0.5) is 0 Å². The lowest BCUT2D eigenvalue weighted by Gasteiger charge is -2.23. The number of nitrogens with zero attached hydrogens (tertiary/aromatic N) is 2. The molecule has 0 amide bonds. The quantitative estimate of drug-likeness (QED) is 0.314. The Morgan fingerprint density at radius 2 is 2.06 bits per heavy atom. The van der Waals surface area contributed by atoms with E-state index >= 15 is 0 Å². The number of rotatable bonds is 5. The fraction of sp³-hybridized carbons (Fsp3) is 0.160. The SMILES string of the molecule is CCOC(=O)C1=C(C)N=c2s/c(=C\c3ccc(-c4cccc(Cl)c4Cl)o3)c(=O)n2[C@@H]1c1cccs1. The average molecular weight is 545 g/mol. The molecule has 5 rings (SSSR count). The summed E-state index contributed by atoms with van der Waals surface area (Å²) in [5.41, 5.74) is 1.29. The molecule has 0 spiro atoms. The van der Waals surface area contributed by atoms with E-state index in [0.29, 0.717) is 47.7 Å². The summed E-state index contributed by atoms with van der Waals surface area (Å²) in [6, 6.07) is 12.0. The second kappa shape index (κ2) is 9.62.